The van der Waals surface area contributed by atoms with E-state index in [0.29, 0.717) is 10.0 Å². The number of nitrogens with one attached hydrogen (secondary N) is 1. The van der Waals surface area contributed by atoms with Crippen LogP contribution in [0.15, 0.2) is 18.2 Å². The second-order valence-electron chi connectivity index (χ2n) is 4.25. The number of benzene rings is 1. The van der Waals surface area contributed by atoms with Gasteiger partial charge in [0, 0.05) is 12.5 Å². The molecule has 0 aliphatic rings. The first kappa shape index (κ1) is 15.4. The third-order valence-electron chi connectivity index (χ3n) is 2.81. The van der Waals surface area contributed by atoms with Crippen LogP contribution in [0.25, 0.3) is 0 Å². The molecule has 0 amide bonds. The second kappa shape index (κ2) is 8.43. The van der Waals surface area contributed by atoms with Gasteiger partial charge in [-0.15, -0.1) is 12.3 Å². The zero-order valence-corrected chi connectivity index (χ0v) is 12.2. The predicted octanol–water partition coefficient (Wildman–Crippen LogP) is 4.84. The van der Waals surface area contributed by atoms with Gasteiger partial charge >= 0.3 is 0 Å². The van der Waals surface area contributed by atoms with Gasteiger partial charge in [-0.25, -0.2) is 0 Å². The van der Waals surface area contributed by atoms with Crippen molar-refractivity contribution in [1.82, 2.24) is 5.32 Å². The summed E-state index contributed by atoms with van der Waals surface area (Å²) in [6.45, 7) is 3.11. The lowest BCUT2D eigenvalue weighted by Crippen LogP contribution is -2.22. The molecule has 0 aromatic heterocycles. The number of rotatable bonds is 7. The molecule has 1 unspecified atom stereocenters. The number of halogens is 2. The van der Waals surface area contributed by atoms with Crippen molar-refractivity contribution in [2.24, 2.45) is 0 Å². The summed E-state index contributed by atoms with van der Waals surface area (Å²) in [5.74, 6) is 2.67. The lowest BCUT2D eigenvalue weighted by atomic mass is 10.0. The van der Waals surface area contributed by atoms with E-state index in [4.69, 9.17) is 29.6 Å². The van der Waals surface area contributed by atoms with Crippen LogP contribution in [0.3, 0.4) is 0 Å². The zero-order valence-electron chi connectivity index (χ0n) is 10.7. The molecular weight excluding hydrogens is 265 g/mol. The van der Waals surface area contributed by atoms with Crippen LogP contribution < -0.4 is 5.32 Å². The van der Waals surface area contributed by atoms with E-state index in [1.807, 2.05) is 18.2 Å². The molecule has 0 spiro atoms. The largest absolute Gasteiger partial charge is 0.310 e. The molecule has 1 rings (SSSR count). The van der Waals surface area contributed by atoms with Crippen LogP contribution in [-0.4, -0.2) is 6.54 Å². The van der Waals surface area contributed by atoms with Crippen molar-refractivity contribution in [2.75, 3.05) is 6.54 Å². The first-order valence-corrected chi connectivity index (χ1v) is 7.07. The Hall–Kier alpha value is -0.680. The van der Waals surface area contributed by atoms with Crippen molar-refractivity contribution in [3.05, 3.63) is 33.8 Å². The molecule has 18 heavy (non-hydrogen) atoms. The smallest absolute Gasteiger partial charge is 0.0640 e. The normalized spacial score (nSPS) is 12.1. The van der Waals surface area contributed by atoms with Gasteiger partial charge in [-0.1, -0.05) is 42.3 Å². The quantitative estimate of drug-likeness (QED) is 0.558. The highest BCUT2D eigenvalue weighted by Crippen LogP contribution is 2.32. The number of hydrogen-bond donors (Lipinski definition) is 1. The summed E-state index contributed by atoms with van der Waals surface area (Å²) < 4.78 is 0. The van der Waals surface area contributed by atoms with Crippen molar-refractivity contribution in [3.63, 3.8) is 0 Å². The van der Waals surface area contributed by atoms with Crippen LogP contribution in [0.1, 0.15) is 44.2 Å². The maximum atomic E-state index is 6.27. The maximum absolute atomic E-state index is 6.27. The average Bonchev–Trinajstić information content (AvgIpc) is 2.37. The Balaban J connectivity index is 2.80. The molecule has 0 saturated heterocycles. The van der Waals surface area contributed by atoms with E-state index in [1.165, 1.54) is 0 Å². The Morgan fingerprint density at radius 2 is 2.17 bits per heavy atom. The second-order valence-corrected chi connectivity index (χ2v) is 5.03. The van der Waals surface area contributed by atoms with Crippen molar-refractivity contribution in [1.29, 1.82) is 0 Å². The van der Waals surface area contributed by atoms with Crippen molar-refractivity contribution >= 4 is 23.2 Å². The lowest BCUT2D eigenvalue weighted by molar-refractivity contribution is 0.487. The van der Waals surface area contributed by atoms with E-state index in [0.717, 1.165) is 37.8 Å². The summed E-state index contributed by atoms with van der Waals surface area (Å²) in [6.07, 6.45) is 9.13. The van der Waals surface area contributed by atoms with Gasteiger partial charge < -0.3 is 5.32 Å². The minimum Gasteiger partial charge on any atom is -0.310 e. The molecule has 1 N–H and O–H groups in total. The van der Waals surface area contributed by atoms with Crippen LogP contribution >= 0.6 is 23.2 Å². The average molecular weight is 284 g/mol. The summed E-state index contributed by atoms with van der Waals surface area (Å²) in [7, 11) is 0. The van der Waals surface area contributed by atoms with Crippen molar-refractivity contribution in [2.45, 2.75) is 38.6 Å². The van der Waals surface area contributed by atoms with Gasteiger partial charge in [-0.2, -0.15) is 0 Å². The molecule has 0 radical (unpaired) electrons. The maximum Gasteiger partial charge on any atom is 0.0640 e. The van der Waals surface area contributed by atoms with Crippen LogP contribution in [-0.2, 0) is 0 Å². The summed E-state index contributed by atoms with van der Waals surface area (Å²) in [5.41, 5.74) is 1.06. The summed E-state index contributed by atoms with van der Waals surface area (Å²) in [4.78, 5) is 0. The van der Waals surface area contributed by atoms with Crippen molar-refractivity contribution in [3.8, 4) is 12.3 Å². The fourth-order valence-electron chi connectivity index (χ4n) is 1.88. The van der Waals surface area contributed by atoms with Gasteiger partial charge in [0.2, 0.25) is 0 Å². The topological polar surface area (TPSA) is 12.0 Å². The first-order valence-electron chi connectivity index (χ1n) is 6.31. The number of terminal acetylenes is 1. The van der Waals surface area contributed by atoms with Gasteiger partial charge in [0.05, 0.1) is 10.0 Å². The van der Waals surface area contributed by atoms with Crippen LogP contribution in [0.2, 0.25) is 10.0 Å². The molecule has 0 fully saturated rings. The highest BCUT2D eigenvalue weighted by atomic mass is 35.5. The SMILES string of the molecule is C#CCCCC(NCCC)c1cccc(Cl)c1Cl. The Labute approximate surface area is 120 Å². The Kier molecular flexibility index (Phi) is 7.20. The molecule has 0 bridgehead atoms. The summed E-state index contributed by atoms with van der Waals surface area (Å²) >= 11 is 12.3. The highest BCUT2D eigenvalue weighted by molar-refractivity contribution is 6.42. The number of hydrogen-bond acceptors (Lipinski definition) is 1. The predicted molar refractivity (Wildman–Crippen MR) is 80.2 cm³/mol. The molecule has 3 heteroatoms. The Morgan fingerprint density at radius 1 is 1.39 bits per heavy atom. The highest BCUT2D eigenvalue weighted by Gasteiger charge is 2.15. The molecular formula is C15H19Cl2N. The van der Waals surface area contributed by atoms with Crippen LogP contribution in [0, 0.1) is 12.3 Å². The van der Waals surface area contributed by atoms with Gasteiger partial charge in [0.25, 0.3) is 0 Å². The molecule has 0 heterocycles. The minimum absolute atomic E-state index is 0.226. The van der Waals surface area contributed by atoms with E-state index in [9.17, 15) is 0 Å². The fraction of sp³-hybridized carbons (Fsp3) is 0.467. The van der Waals surface area contributed by atoms with E-state index in [1.54, 1.807) is 0 Å². The van der Waals surface area contributed by atoms with Gasteiger partial charge in [-0.3, -0.25) is 0 Å². The van der Waals surface area contributed by atoms with Crippen molar-refractivity contribution < 1.29 is 0 Å². The molecule has 1 atom stereocenters. The van der Waals surface area contributed by atoms with E-state index in [2.05, 4.69) is 18.2 Å². The van der Waals surface area contributed by atoms with E-state index in [-0.39, 0.29) is 6.04 Å². The minimum atomic E-state index is 0.226. The van der Waals surface area contributed by atoms with E-state index < -0.39 is 0 Å². The summed E-state index contributed by atoms with van der Waals surface area (Å²) in [6, 6.07) is 6.00. The monoisotopic (exact) mass is 283 g/mol. The molecule has 0 aliphatic carbocycles. The molecule has 0 aliphatic heterocycles. The van der Waals surface area contributed by atoms with Gasteiger partial charge in [-0.05, 0) is 37.4 Å². The fourth-order valence-corrected chi connectivity index (χ4v) is 2.32. The van der Waals surface area contributed by atoms with Gasteiger partial charge in [0.15, 0.2) is 0 Å². The molecule has 98 valence electrons. The summed E-state index contributed by atoms with van der Waals surface area (Å²) in [5, 5.41) is 4.75. The molecule has 0 saturated carbocycles. The first-order chi connectivity index (χ1) is 8.70. The Bertz CT molecular complexity index is 409. The van der Waals surface area contributed by atoms with Crippen LogP contribution in [0.5, 0.6) is 0 Å². The molecule has 1 nitrogen and oxygen atoms in total. The number of unbranched alkanes of at least 4 members (excludes halogenated alkanes) is 1. The third kappa shape index (κ3) is 4.53. The van der Waals surface area contributed by atoms with E-state index >= 15 is 0 Å². The standard InChI is InChI=1S/C15H19Cl2N/c1-3-5-6-10-14(18-11-4-2)12-8-7-9-13(16)15(12)17/h1,7-9,14,18H,4-6,10-11H2,2H3. The van der Waals surface area contributed by atoms with Crippen LogP contribution in [0.4, 0.5) is 0 Å². The molecule has 1 aromatic carbocycles. The Morgan fingerprint density at radius 3 is 2.83 bits per heavy atom. The van der Waals surface area contributed by atoms with Gasteiger partial charge in [0.1, 0.15) is 0 Å². The lowest BCUT2D eigenvalue weighted by Gasteiger charge is -2.20. The third-order valence-corrected chi connectivity index (χ3v) is 3.65. The molecule has 1 aromatic rings. The zero-order chi connectivity index (χ0) is 13.4.